The highest BCUT2D eigenvalue weighted by molar-refractivity contribution is 7.80. The van der Waals surface area contributed by atoms with Crippen LogP contribution in [-0.2, 0) is 4.79 Å². The molecule has 194 valence electrons. The number of aryl methyl sites for hydroxylation is 4. The summed E-state index contributed by atoms with van der Waals surface area (Å²) < 4.78 is 2.21. The Morgan fingerprint density at radius 3 is 2.55 bits per heavy atom. The maximum atomic E-state index is 13.0. The number of thiocarbonyl (C=S) groups is 1. The van der Waals surface area contributed by atoms with Gasteiger partial charge in [-0.3, -0.25) is 9.78 Å². The van der Waals surface area contributed by atoms with Crippen LogP contribution < -0.4 is 10.6 Å². The third kappa shape index (κ3) is 5.20. The standard InChI is InChI=1S/C31H33N5OS/c1-20-10-11-22(3)26(18-20)33-28(37)14-17-36-30(29(34-31(36)38)25-8-5-6-15-32-25)27-9-7-16-35(27)24-13-12-21(2)23(4)19-24/h5-13,15-16,18-19,29-30H,14,17H2,1-4H3,(H,33,37)(H,34,38). The van der Waals surface area contributed by atoms with E-state index in [0.717, 1.165) is 33.9 Å². The molecule has 0 saturated carbocycles. The number of hydrogen-bond donors (Lipinski definition) is 2. The van der Waals surface area contributed by atoms with Crippen LogP contribution in [0.2, 0.25) is 0 Å². The van der Waals surface area contributed by atoms with Crippen LogP contribution in [0.25, 0.3) is 5.69 Å². The van der Waals surface area contributed by atoms with Gasteiger partial charge in [0.15, 0.2) is 5.11 Å². The van der Waals surface area contributed by atoms with Crippen molar-refractivity contribution >= 4 is 28.9 Å². The number of amides is 1. The van der Waals surface area contributed by atoms with Gasteiger partial charge in [-0.15, -0.1) is 0 Å². The van der Waals surface area contributed by atoms with E-state index in [9.17, 15) is 4.79 Å². The van der Waals surface area contributed by atoms with Gasteiger partial charge in [0.2, 0.25) is 5.91 Å². The first kappa shape index (κ1) is 25.7. The van der Waals surface area contributed by atoms with E-state index in [1.165, 1.54) is 11.1 Å². The molecule has 3 heterocycles. The lowest BCUT2D eigenvalue weighted by Crippen LogP contribution is -2.33. The Hall–Kier alpha value is -3.97. The van der Waals surface area contributed by atoms with E-state index in [2.05, 4.69) is 75.5 Å². The van der Waals surface area contributed by atoms with Crippen molar-refractivity contribution in [3.63, 3.8) is 0 Å². The lowest BCUT2D eigenvalue weighted by atomic mass is 10.0. The highest BCUT2D eigenvalue weighted by Gasteiger charge is 2.41. The molecular weight excluding hydrogens is 490 g/mol. The van der Waals surface area contributed by atoms with Gasteiger partial charge in [-0.05, 0) is 105 Å². The number of carbonyl (C=O) groups is 1. The van der Waals surface area contributed by atoms with Crippen LogP contribution in [0.3, 0.4) is 0 Å². The first-order valence-electron chi connectivity index (χ1n) is 12.9. The number of hydrogen-bond acceptors (Lipinski definition) is 3. The smallest absolute Gasteiger partial charge is 0.226 e. The minimum Gasteiger partial charge on any atom is -0.352 e. The fourth-order valence-electron chi connectivity index (χ4n) is 5.02. The molecule has 7 heteroatoms. The molecule has 6 nitrogen and oxygen atoms in total. The van der Waals surface area contributed by atoms with Gasteiger partial charge < -0.3 is 20.1 Å². The monoisotopic (exact) mass is 523 g/mol. The second-order valence-corrected chi connectivity index (χ2v) is 10.4. The molecule has 1 amide bonds. The second-order valence-electron chi connectivity index (χ2n) is 10.0. The molecule has 2 aromatic carbocycles. The average Bonchev–Trinajstić information content (AvgIpc) is 3.51. The summed E-state index contributed by atoms with van der Waals surface area (Å²) in [6.45, 7) is 8.76. The number of anilines is 1. The molecular formula is C31H33N5OS. The zero-order chi connectivity index (χ0) is 26.8. The van der Waals surface area contributed by atoms with Gasteiger partial charge in [0, 0.05) is 42.4 Å². The van der Waals surface area contributed by atoms with Crippen LogP contribution in [0.5, 0.6) is 0 Å². The van der Waals surface area contributed by atoms with Gasteiger partial charge in [-0.1, -0.05) is 24.3 Å². The Kier molecular flexibility index (Phi) is 7.29. The van der Waals surface area contributed by atoms with Crippen molar-refractivity contribution < 1.29 is 4.79 Å². The number of nitrogens with one attached hydrogen (secondary N) is 2. The summed E-state index contributed by atoms with van der Waals surface area (Å²) >= 11 is 5.83. The van der Waals surface area contributed by atoms with Crippen LogP contribution >= 0.6 is 12.2 Å². The highest BCUT2D eigenvalue weighted by Crippen LogP contribution is 2.39. The molecule has 0 radical (unpaired) electrons. The third-order valence-corrected chi connectivity index (χ3v) is 7.65. The van der Waals surface area contributed by atoms with Gasteiger partial charge in [0.1, 0.15) is 0 Å². The van der Waals surface area contributed by atoms with Crippen LogP contribution in [-0.4, -0.2) is 32.0 Å². The van der Waals surface area contributed by atoms with E-state index in [0.29, 0.717) is 18.1 Å². The minimum atomic E-state index is -0.147. The third-order valence-electron chi connectivity index (χ3n) is 7.30. The molecule has 5 rings (SSSR count). The molecule has 2 unspecified atom stereocenters. The average molecular weight is 524 g/mol. The summed E-state index contributed by atoms with van der Waals surface area (Å²) in [4.78, 5) is 19.8. The highest BCUT2D eigenvalue weighted by atomic mass is 32.1. The molecule has 1 aliphatic heterocycles. The van der Waals surface area contributed by atoms with Gasteiger partial charge in [0.05, 0.1) is 17.8 Å². The van der Waals surface area contributed by atoms with E-state index in [4.69, 9.17) is 12.2 Å². The lowest BCUT2D eigenvalue weighted by Gasteiger charge is -2.29. The van der Waals surface area contributed by atoms with Crippen LogP contribution in [0, 0.1) is 27.7 Å². The Labute approximate surface area is 229 Å². The Balaban J connectivity index is 1.45. The van der Waals surface area contributed by atoms with Crippen molar-refractivity contribution in [1.29, 1.82) is 0 Å². The maximum Gasteiger partial charge on any atom is 0.226 e. The number of carbonyl (C=O) groups excluding carboxylic acids is 1. The second kappa shape index (κ2) is 10.8. The molecule has 1 aliphatic rings. The normalized spacial score (nSPS) is 16.9. The zero-order valence-corrected chi connectivity index (χ0v) is 23.0. The fraction of sp³-hybridized carbons (Fsp3) is 0.258. The molecule has 2 aromatic heterocycles. The lowest BCUT2D eigenvalue weighted by molar-refractivity contribution is -0.116. The van der Waals surface area contributed by atoms with Gasteiger partial charge in [0.25, 0.3) is 0 Å². The van der Waals surface area contributed by atoms with Crippen molar-refractivity contribution in [1.82, 2.24) is 19.8 Å². The van der Waals surface area contributed by atoms with Crippen molar-refractivity contribution in [3.8, 4) is 5.69 Å². The number of nitrogens with zero attached hydrogens (tertiary/aromatic N) is 3. The quantitative estimate of drug-likeness (QED) is 0.286. The van der Waals surface area contributed by atoms with E-state index < -0.39 is 0 Å². The summed E-state index contributed by atoms with van der Waals surface area (Å²) in [6.07, 6.45) is 4.20. The summed E-state index contributed by atoms with van der Waals surface area (Å²) in [7, 11) is 0. The molecule has 0 bridgehead atoms. The van der Waals surface area contributed by atoms with Gasteiger partial charge in [-0.2, -0.15) is 0 Å². The molecule has 1 fully saturated rings. The largest absolute Gasteiger partial charge is 0.352 e. The summed E-state index contributed by atoms with van der Waals surface area (Å²) in [5, 5.41) is 7.21. The molecule has 0 spiro atoms. The molecule has 0 aliphatic carbocycles. The molecule has 2 atom stereocenters. The zero-order valence-electron chi connectivity index (χ0n) is 22.2. The van der Waals surface area contributed by atoms with E-state index in [1.54, 1.807) is 6.20 Å². The van der Waals surface area contributed by atoms with Crippen LogP contribution in [0.4, 0.5) is 5.69 Å². The van der Waals surface area contributed by atoms with Crippen molar-refractivity contribution in [2.24, 2.45) is 0 Å². The number of rotatable bonds is 7. The summed E-state index contributed by atoms with van der Waals surface area (Å²) in [5.74, 6) is -0.0360. The first-order chi connectivity index (χ1) is 18.3. The van der Waals surface area contributed by atoms with Crippen LogP contribution in [0.1, 0.15) is 52.1 Å². The SMILES string of the molecule is Cc1ccc(C)c(NC(=O)CCN2C(=S)NC(c3ccccn3)C2c2cccn2-c2ccc(C)c(C)c2)c1. The van der Waals surface area contributed by atoms with E-state index >= 15 is 0 Å². The Morgan fingerprint density at radius 1 is 0.974 bits per heavy atom. The number of aromatic nitrogens is 2. The van der Waals surface area contributed by atoms with Crippen LogP contribution in [0.15, 0.2) is 79.1 Å². The number of benzene rings is 2. The first-order valence-corrected chi connectivity index (χ1v) is 13.3. The molecule has 4 aromatic rings. The fourth-order valence-corrected chi connectivity index (χ4v) is 5.35. The molecule has 1 saturated heterocycles. The topological polar surface area (TPSA) is 62.2 Å². The maximum absolute atomic E-state index is 13.0. The summed E-state index contributed by atoms with van der Waals surface area (Å²) in [6, 6.07) is 22.4. The van der Waals surface area contributed by atoms with Gasteiger partial charge in [-0.25, -0.2) is 0 Å². The predicted octanol–water partition coefficient (Wildman–Crippen LogP) is 6.11. The Morgan fingerprint density at radius 2 is 1.79 bits per heavy atom. The van der Waals surface area contributed by atoms with Gasteiger partial charge >= 0.3 is 0 Å². The molecule has 2 N–H and O–H groups in total. The van der Waals surface area contributed by atoms with Crippen molar-refractivity contribution in [3.05, 3.63) is 113 Å². The van der Waals surface area contributed by atoms with Crippen molar-refractivity contribution in [2.75, 3.05) is 11.9 Å². The van der Waals surface area contributed by atoms with E-state index in [-0.39, 0.29) is 18.0 Å². The number of pyridine rings is 1. The van der Waals surface area contributed by atoms with E-state index in [1.807, 2.05) is 50.2 Å². The van der Waals surface area contributed by atoms with Crippen molar-refractivity contribution in [2.45, 2.75) is 46.2 Å². The Bertz CT molecular complexity index is 1480. The molecule has 38 heavy (non-hydrogen) atoms. The minimum absolute atomic E-state index is 0.0360. The summed E-state index contributed by atoms with van der Waals surface area (Å²) in [5.41, 5.74) is 8.60. The predicted molar refractivity (Wildman–Crippen MR) is 157 cm³/mol.